The van der Waals surface area contributed by atoms with Crippen LogP contribution in [0.1, 0.15) is 28.7 Å². The molecule has 0 aliphatic carbocycles. The van der Waals surface area contributed by atoms with Crippen molar-refractivity contribution in [2.45, 2.75) is 33.6 Å². The van der Waals surface area contributed by atoms with Gasteiger partial charge in [-0.2, -0.15) is 5.10 Å². The second kappa shape index (κ2) is 5.26. The molecule has 1 aromatic carbocycles. The number of carboxylic acids is 1. The molecule has 2 aromatic rings. The first-order valence-corrected chi connectivity index (χ1v) is 6.32. The van der Waals surface area contributed by atoms with Crippen LogP contribution in [0, 0.1) is 20.8 Å². The Labute approximate surface area is 112 Å². The van der Waals surface area contributed by atoms with Crippen LogP contribution in [-0.4, -0.2) is 21.3 Å². The number of rotatable bonds is 4. The molecule has 4 heteroatoms. The van der Waals surface area contributed by atoms with Crippen molar-refractivity contribution in [1.29, 1.82) is 0 Å². The molecule has 0 saturated heterocycles. The van der Waals surface area contributed by atoms with Gasteiger partial charge in [0.15, 0.2) is 0 Å². The fourth-order valence-electron chi connectivity index (χ4n) is 2.20. The van der Waals surface area contributed by atoms with Crippen molar-refractivity contribution in [3.63, 3.8) is 0 Å². The molecule has 0 amide bonds. The van der Waals surface area contributed by atoms with Crippen molar-refractivity contribution in [3.8, 4) is 11.3 Å². The molecule has 100 valence electrons. The molecule has 0 bridgehead atoms. The van der Waals surface area contributed by atoms with Gasteiger partial charge in [-0.05, 0) is 49.4 Å². The van der Waals surface area contributed by atoms with Crippen LogP contribution in [0.15, 0.2) is 18.3 Å². The number of nitrogens with zero attached hydrogens (tertiary/aromatic N) is 1. The van der Waals surface area contributed by atoms with Gasteiger partial charge in [0, 0.05) is 12.0 Å². The number of carboxylic acid groups (broad SMARTS) is 1. The summed E-state index contributed by atoms with van der Waals surface area (Å²) >= 11 is 0. The zero-order valence-corrected chi connectivity index (χ0v) is 11.4. The van der Waals surface area contributed by atoms with E-state index in [0.717, 1.165) is 16.8 Å². The lowest BCUT2D eigenvalue weighted by molar-refractivity contribution is -0.136. The highest BCUT2D eigenvalue weighted by Crippen LogP contribution is 2.28. The van der Waals surface area contributed by atoms with Crippen LogP contribution >= 0.6 is 0 Å². The van der Waals surface area contributed by atoms with Gasteiger partial charge in [0.25, 0.3) is 0 Å². The average Bonchev–Trinajstić information content (AvgIpc) is 2.82. The van der Waals surface area contributed by atoms with Gasteiger partial charge in [0.2, 0.25) is 0 Å². The van der Waals surface area contributed by atoms with Crippen molar-refractivity contribution in [3.05, 3.63) is 40.6 Å². The summed E-state index contributed by atoms with van der Waals surface area (Å²) in [5, 5.41) is 15.8. The number of H-pyrrole nitrogens is 1. The fourth-order valence-corrected chi connectivity index (χ4v) is 2.20. The van der Waals surface area contributed by atoms with Crippen LogP contribution in [0.25, 0.3) is 11.3 Å². The van der Waals surface area contributed by atoms with E-state index in [-0.39, 0.29) is 6.42 Å². The first kappa shape index (κ1) is 13.3. The molecular weight excluding hydrogens is 240 g/mol. The zero-order chi connectivity index (χ0) is 14.0. The molecule has 0 radical (unpaired) electrons. The maximum atomic E-state index is 10.7. The number of aryl methyl sites for hydroxylation is 2. The van der Waals surface area contributed by atoms with E-state index in [1.807, 2.05) is 0 Å². The van der Waals surface area contributed by atoms with E-state index in [0.29, 0.717) is 6.42 Å². The van der Waals surface area contributed by atoms with E-state index >= 15 is 0 Å². The van der Waals surface area contributed by atoms with E-state index in [2.05, 4.69) is 43.1 Å². The predicted octanol–water partition coefficient (Wildman–Crippen LogP) is 3.02. The van der Waals surface area contributed by atoms with Crippen LogP contribution in [0.5, 0.6) is 0 Å². The molecule has 0 aliphatic heterocycles. The SMILES string of the molecule is Cc1ccc(-c2[nH]ncc2CCC(=O)O)c(C)c1C. The van der Waals surface area contributed by atoms with Gasteiger partial charge >= 0.3 is 5.97 Å². The van der Waals surface area contributed by atoms with E-state index in [9.17, 15) is 4.79 Å². The second-order valence-corrected chi connectivity index (χ2v) is 4.84. The van der Waals surface area contributed by atoms with Gasteiger partial charge in [-0.3, -0.25) is 9.89 Å². The van der Waals surface area contributed by atoms with Crippen molar-refractivity contribution in [1.82, 2.24) is 10.2 Å². The number of hydrogen-bond acceptors (Lipinski definition) is 2. The van der Waals surface area contributed by atoms with Crippen LogP contribution in [0.3, 0.4) is 0 Å². The normalized spacial score (nSPS) is 10.7. The second-order valence-electron chi connectivity index (χ2n) is 4.84. The highest BCUT2D eigenvalue weighted by molar-refractivity contribution is 5.71. The molecule has 4 nitrogen and oxygen atoms in total. The lowest BCUT2D eigenvalue weighted by Crippen LogP contribution is -1.99. The summed E-state index contributed by atoms with van der Waals surface area (Å²) in [6, 6.07) is 4.15. The molecule has 0 aliphatic rings. The van der Waals surface area contributed by atoms with Crippen LogP contribution in [0.2, 0.25) is 0 Å². The third kappa shape index (κ3) is 2.67. The Morgan fingerprint density at radius 3 is 2.68 bits per heavy atom. The first-order chi connectivity index (χ1) is 9.00. The van der Waals surface area contributed by atoms with E-state index in [4.69, 9.17) is 5.11 Å². The minimum Gasteiger partial charge on any atom is -0.481 e. The van der Waals surface area contributed by atoms with Crippen molar-refractivity contribution >= 4 is 5.97 Å². The van der Waals surface area contributed by atoms with Gasteiger partial charge in [0.05, 0.1) is 11.9 Å². The molecule has 1 heterocycles. The summed E-state index contributed by atoms with van der Waals surface area (Å²) in [7, 11) is 0. The maximum absolute atomic E-state index is 10.7. The fraction of sp³-hybridized carbons (Fsp3) is 0.333. The smallest absolute Gasteiger partial charge is 0.303 e. The molecule has 2 rings (SSSR count). The Bertz CT molecular complexity index is 615. The Kier molecular flexibility index (Phi) is 3.69. The Morgan fingerprint density at radius 2 is 2.00 bits per heavy atom. The number of aromatic amines is 1. The molecule has 2 N–H and O–H groups in total. The van der Waals surface area contributed by atoms with Crippen molar-refractivity contribution < 1.29 is 9.90 Å². The van der Waals surface area contributed by atoms with Crippen LogP contribution in [-0.2, 0) is 11.2 Å². The number of nitrogens with one attached hydrogen (secondary N) is 1. The summed E-state index contributed by atoms with van der Waals surface area (Å²) in [5.41, 5.74) is 6.71. The highest BCUT2D eigenvalue weighted by Gasteiger charge is 2.13. The number of hydrogen-bond donors (Lipinski definition) is 2. The standard InChI is InChI=1S/C15H18N2O2/c1-9-4-6-13(11(3)10(9)2)15-12(8-16-17-15)5-7-14(18)19/h4,6,8H,5,7H2,1-3H3,(H,16,17)(H,18,19). The Balaban J connectivity index is 2.40. The van der Waals surface area contributed by atoms with Crippen molar-refractivity contribution in [2.24, 2.45) is 0 Å². The molecular formula is C15H18N2O2. The topological polar surface area (TPSA) is 66.0 Å². The highest BCUT2D eigenvalue weighted by atomic mass is 16.4. The Hall–Kier alpha value is -2.10. The van der Waals surface area contributed by atoms with Crippen LogP contribution in [0.4, 0.5) is 0 Å². The lowest BCUT2D eigenvalue weighted by Gasteiger charge is -2.11. The van der Waals surface area contributed by atoms with E-state index in [1.54, 1.807) is 6.20 Å². The molecule has 1 aromatic heterocycles. The van der Waals surface area contributed by atoms with Crippen LogP contribution < -0.4 is 0 Å². The average molecular weight is 258 g/mol. The number of aromatic nitrogens is 2. The zero-order valence-electron chi connectivity index (χ0n) is 11.4. The molecule has 0 spiro atoms. The monoisotopic (exact) mass is 258 g/mol. The molecule has 0 fully saturated rings. The number of benzene rings is 1. The predicted molar refractivity (Wildman–Crippen MR) is 74.2 cm³/mol. The van der Waals surface area contributed by atoms with Gasteiger partial charge in [-0.25, -0.2) is 0 Å². The lowest BCUT2D eigenvalue weighted by atomic mass is 9.94. The summed E-state index contributed by atoms with van der Waals surface area (Å²) in [6.45, 7) is 6.27. The summed E-state index contributed by atoms with van der Waals surface area (Å²) < 4.78 is 0. The van der Waals surface area contributed by atoms with E-state index < -0.39 is 5.97 Å². The molecule has 0 atom stereocenters. The first-order valence-electron chi connectivity index (χ1n) is 6.32. The number of carbonyl (C=O) groups is 1. The third-order valence-electron chi connectivity index (χ3n) is 3.65. The largest absolute Gasteiger partial charge is 0.481 e. The van der Waals surface area contributed by atoms with Gasteiger partial charge in [-0.15, -0.1) is 0 Å². The summed E-state index contributed by atoms with van der Waals surface area (Å²) in [6.07, 6.45) is 2.33. The number of aliphatic carboxylic acids is 1. The van der Waals surface area contributed by atoms with Gasteiger partial charge < -0.3 is 5.11 Å². The summed E-state index contributed by atoms with van der Waals surface area (Å²) in [4.78, 5) is 10.7. The maximum Gasteiger partial charge on any atom is 0.303 e. The Morgan fingerprint density at radius 1 is 1.26 bits per heavy atom. The molecule has 0 unspecified atom stereocenters. The van der Waals surface area contributed by atoms with Crippen molar-refractivity contribution in [2.75, 3.05) is 0 Å². The third-order valence-corrected chi connectivity index (χ3v) is 3.65. The molecule has 19 heavy (non-hydrogen) atoms. The van der Waals surface area contributed by atoms with Gasteiger partial charge in [0.1, 0.15) is 0 Å². The minimum atomic E-state index is -0.788. The quantitative estimate of drug-likeness (QED) is 0.885. The molecule has 0 saturated carbocycles. The van der Waals surface area contributed by atoms with Gasteiger partial charge in [-0.1, -0.05) is 12.1 Å². The minimum absolute atomic E-state index is 0.121. The van der Waals surface area contributed by atoms with E-state index in [1.165, 1.54) is 16.7 Å². The summed E-state index contributed by atoms with van der Waals surface area (Å²) in [5.74, 6) is -0.788.